The first-order valence-corrected chi connectivity index (χ1v) is 13.2. The molecule has 0 unspecified atom stereocenters. The number of hydrogen-bond acceptors (Lipinski definition) is 6. The largest absolute Gasteiger partial charge is 0.493 e. The topological polar surface area (TPSA) is 72.7 Å². The summed E-state index contributed by atoms with van der Waals surface area (Å²) >= 11 is 12.1. The van der Waals surface area contributed by atoms with E-state index in [1.54, 1.807) is 37.4 Å². The van der Waals surface area contributed by atoms with Gasteiger partial charge in [-0.15, -0.1) is 0 Å². The van der Waals surface area contributed by atoms with E-state index in [0.717, 1.165) is 5.82 Å². The smallest absolute Gasteiger partial charge is 0.258 e. The molecule has 1 amide bonds. The Morgan fingerprint density at radius 2 is 1.95 bits per heavy atom. The van der Waals surface area contributed by atoms with Crippen LogP contribution in [0.5, 0.6) is 5.75 Å². The summed E-state index contributed by atoms with van der Waals surface area (Å²) in [7, 11) is 3.79. The van der Waals surface area contributed by atoms with Gasteiger partial charge in [-0.25, -0.2) is 9.37 Å². The molecule has 7 nitrogen and oxygen atoms in total. The highest BCUT2D eigenvalue weighted by Gasteiger charge is 2.49. The number of amides is 1. The molecule has 1 fully saturated rings. The molecule has 4 rings (SSSR count). The molecule has 2 heterocycles. The molecule has 1 aliphatic heterocycles. The maximum atomic E-state index is 14.8. The summed E-state index contributed by atoms with van der Waals surface area (Å²) in [5.74, 6) is 0.632. The van der Waals surface area contributed by atoms with Crippen LogP contribution >= 0.6 is 23.8 Å². The van der Waals surface area contributed by atoms with E-state index in [2.05, 4.69) is 4.98 Å². The molecule has 39 heavy (non-hydrogen) atoms. The fourth-order valence-electron chi connectivity index (χ4n) is 4.47. The van der Waals surface area contributed by atoms with Crippen LogP contribution in [0.15, 0.2) is 48.7 Å². The molecule has 10 heteroatoms. The number of benzene rings is 2. The number of nitriles is 1. The van der Waals surface area contributed by atoms with Crippen molar-refractivity contribution in [3.05, 3.63) is 70.6 Å². The van der Waals surface area contributed by atoms with Gasteiger partial charge in [0.25, 0.3) is 5.91 Å². The van der Waals surface area contributed by atoms with Crippen LogP contribution in [0, 0.1) is 24.1 Å². The lowest BCUT2D eigenvalue weighted by molar-refractivity contribution is -0.123. The number of carbonyl (C=O) groups is 1. The average molecular weight is 566 g/mol. The van der Waals surface area contributed by atoms with Gasteiger partial charge in [-0.05, 0) is 81.4 Å². The van der Waals surface area contributed by atoms with Crippen LogP contribution in [-0.2, 0) is 4.79 Å². The molecule has 0 bridgehead atoms. The van der Waals surface area contributed by atoms with Crippen molar-refractivity contribution in [3.63, 3.8) is 0 Å². The Morgan fingerprint density at radius 1 is 1.21 bits per heavy atom. The fourth-order valence-corrected chi connectivity index (χ4v) is 5.17. The van der Waals surface area contributed by atoms with Crippen molar-refractivity contribution >= 4 is 46.3 Å². The molecule has 2 aromatic carbocycles. The van der Waals surface area contributed by atoms with Crippen molar-refractivity contribution in [1.29, 1.82) is 5.26 Å². The Kier molecular flexibility index (Phi) is 8.09. The first-order chi connectivity index (χ1) is 18.5. The number of hydrogen-bond donors (Lipinski definition) is 0. The van der Waals surface area contributed by atoms with E-state index in [1.165, 1.54) is 11.0 Å². The van der Waals surface area contributed by atoms with Gasteiger partial charge in [0.2, 0.25) is 0 Å². The number of nitrogens with zero attached hydrogens (tertiary/aromatic N) is 5. The number of anilines is 2. The zero-order valence-electron chi connectivity index (χ0n) is 22.5. The molecule has 1 saturated heterocycles. The van der Waals surface area contributed by atoms with Crippen LogP contribution in [0.2, 0.25) is 5.02 Å². The first-order valence-electron chi connectivity index (χ1n) is 12.4. The van der Waals surface area contributed by atoms with E-state index < -0.39 is 11.4 Å². The molecule has 0 aliphatic carbocycles. The third kappa shape index (κ3) is 5.40. The zero-order chi connectivity index (χ0) is 28.5. The monoisotopic (exact) mass is 565 g/mol. The van der Waals surface area contributed by atoms with Gasteiger partial charge in [0.05, 0.1) is 22.9 Å². The number of rotatable bonds is 8. The van der Waals surface area contributed by atoms with Crippen molar-refractivity contribution in [1.82, 2.24) is 9.88 Å². The van der Waals surface area contributed by atoms with Crippen molar-refractivity contribution < 1.29 is 13.9 Å². The Balaban J connectivity index is 1.40. The normalized spacial score (nSPS) is 14.5. The van der Waals surface area contributed by atoms with Gasteiger partial charge in [0.1, 0.15) is 29.0 Å². The highest BCUT2D eigenvalue weighted by Crippen LogP contribution is 2.37. The first kappa shape index (κ1) is 28.3. The lowest BCUT2D eigenvalue weighted by Gasteiger charge is -2.29. The number of halogens is 2. The molecule has 0 radical (unpaired) electrons. The van der Waals surface area contributed by atoms with Gasteiger partial charge in [-0.3, -0.25) is 9.69 Å². The number of ether oxygens (including phenoxy) is 1. The van der Waals surface area contributed by atoms with E-state index >= 15 is 0 Å². The Hall–Kier alpha value is -3.74. The second-order valence-corrected chi connectivity index (χ2v) is 10.7. The van der Waals surface area contributed by atoms with Crippen LogP contribution < -0.4 is 14.5 Å². The highest BCUT2D eigenvalue weighted by atomic mass is 35.5. The van der Waals surface area contributed by atoms with Gasteiger partial charge in [0.15, 0.2) is 5.11 Å². The molecular weight excluding hydrogens is 537 g/mol. The van der Waals surface area contributed by atoms with Crippen LogP contribution in [0.25, 0.3) is 11.1 Å². The maximum absolute atomic E-state index is 14.8. The minimum atomic E-state index is -0.881. The number of carbonyl (C=O) groups excluding carboxylic acids is 1. The number of aromatic nitrogens is 1. The Bertz CT molecular complexity index is 1470. The molecule has 0 N–H and O–H groups in total. The maximum Gasteiger partial charge on any atom is 0.258 e. The molecule has 202 valence electrons. The van der Waals surface area contributed by atoms with Crippen LogP contribution in [0.4, 0.5) is 15.9 Å². The average Bonchev–Trinajstić information content (AvgIpc) is 3.07. The predicted octanol–water partition coefficient (Wildman–Crippen LogP) is 5.97. The Morgan fingerprint density at radius 3 is 2.56 bits per heavy atom. The van der Waals surface area contributed by atoms with E-state index in [9.17, 15) is 14.4 Å². The Labute approximate surface area is 238 Å². The summed E-state index contributed by atoms with van der Waals surface area (Å²) in [5.41, 5.74) is 1.76. The summed E-state index contributed by atoms with van der Waals surface area (Å²) in [6, 6.07) is 13.8. The minimum absolute atomic E-state index is 0.178. The van der Waals surface area contributed by atoms with E-state index in [4.69, 9.17) is 28.6 Å². The van der Waals surface area contributed by atoms with Gasteiger partial charge in [0, 0.05) is 44.0 Å². The molecule has 1 aromatic heterocycles. The second-order valence-electron chi connectivity index (χ2n) is 9.96. The standard InChI is InChI=1S/C29H29ClFN5O2S/c1-18-24(11-7-19(16-32)26(18)30)36-27(37)29(2,3)35(28(36)39)13-6-14-38-21-9-10-22(23(31)15-21)20-8-12-25(33-17-20)34(4)5/h7-12,15,17H,6,13-14H2,1-5H3. The predicted molar refractivity (Wildman–Crippen MR) is 156 cm³/mol. The SMILES string of the molecule is Cc1c(N2C(=O)C(C)(C)N(CCCOc3ccc(-c4ccc(N(C)C)nc4)c(F)c3)C2=S)ccc(C#N)c1Cl. The molecule has 0 spiro atoms. The second kappa shape index (κ2) is 11.2. The lowest BCUT2D eigenvalue weighted by Crippen LogP contribution is -2.44. The fraction of sp³-hybridized carbons (Fsp3) is 0.310. The quantitative estimate of drug-likeness (QED) is 0.246. The van der Waals surface area contributed by atoms with Crippen molar-refractivity contribution in [2.75, 3.05) is 37.0 Å². The van der Waals surface area contributed by atoms with Gasteiger partial charge in [-0.2, -0.15) is 5.26 Å². The van der Waals surface area contributed by atoms with Gasteiger partial charge >= 0.3 is 0 Å². The van der Waals surface area contributed by atoms with Gasteiger partial charge in [-0.1, -0.05) is 11.6 Å². The van der Waals surface area contributed by atoms with E-state index in [1.807, 2.05) is 55.9 Å². The summed E-state index contributed by atoms with van der Waals surface area (Å²) in [6.45, 7) is 6.16. The summed E-state index contributed by atoms with van der Waals surface area (Å²) in [4.78, 5) is 22.9. The highest BCUT2D eigenvalue weighted by molar-refractivity contribution is 7.80. The zero-order valence-corrected chi connectivity index (χ0v) is 24.0. The molecule has 3 aromatic rings. The molecule has 0 atom stereocenters. The number of thiocarbonyl (C=S) groups is 1. The molecule has 0 saturated carbocycles. The van der Waals surface area contributed by atoms with Crippen LogP contribution in [0.3, 0.4) is 0 Å². The van der Waals surface area contributed by atoms with Crippen LogP contribution in [-0.4, -0.2) is 53.7 Å². The third-order valence-corrected chi connectivity index (χ3v) is 7.69. The third-order valence-electron chi connectivity index (χ3n) is 6.79. The summed E-state index contributed by atoms with van der Waals surface area (Å²) in [5, 5.41) is 9.91. The van der Waals surface area contributed by atoms with Gasteiger partial charge < -0.3 is 14.5 Å². The van der Waals surface area contributed by atoms with Crippen molar-refractivity contribution in [2.45, 2.75) is 32.7 Å². The lowest BCUT2D eigenvalue weighted by atomic mass is 10.0. The molecule has 1 aliphatic rings. The van der Waals surface area contributed by atoms with Crippen LogP contribution in [0.1, 0.15) is 31.4 Å². The number of pyridine rings is 1. The summed E-state index contributed by atoms with van der Waals surface area (Å²) in [6.07, 6.45) is 2.20. The summed E-state index contributed by atoms with van der Waals surface area (Å²) < 4.78 is 20.7. The van der Waals surface area contributed by atoms with Crippen molar-refractivity contribution in [2.24, 2.45) is 0 Å². The minimum Gasteiger partial charge on any atom is -0.493 e. The van der Waals surface area contributed by atoms with E-state index in [-0.39, 0.29) is 5.91 Å². The van der Waals surface area contributed by atoms with E-state index in [0.29, 0.717) is 63.4 Å². The molecular formula is C29H29ClFN5O2S. The van der Waals surface area contributed by atoms with Crippen molar-refractivity contribution in [3.8, 4) is 22.9 Å².